The van der Waals surface area contributed by atoms with Crippen molar-refractivity contribution in [3.8, 4) is 22.8 Å². The number of carbonyl (C=O) groups excluding carboxylic acids is 1. The van der Waals surface area contributed by atoms with Gasteiger partial charge in [0.05, 0.1) is 12.2 Å². The molecule has 0 atom stereocenters. The molecule has 1 amide bonds. The first-order chi connectivity index (χ1) is 17.2. The number of hydrogen-bond acceptors (Lipinski definition) is 3. The number of hydrogen-bond donors (Lipinski definition) is 0. The highest BCUT2D eigenvalue weighted by Crippen LogP contribution is 2.49. The number of aromatic nitrogens is 1. The first-order valence-corrected chi connectivity index (χ1v) is 13.5. The van der Waals surface area contributed by atoms with Crippen LogP contribution in [0.5, 0.6) is 11.5 Å². The Bertz CT molecular complexity index is 1230. The van der Waals surface area contributed by atoms with Gasteiger partial charge in [0.1, 0.15) is 6.61 Å². The predicted molar refractivity (Wildman–Crippen MR) is 139 cm³/mol. The largest absolute Gasteiger partial charge is 0.487 e. The average molecular weight is 473 g/mol. The zero-order chi connectivity index (χ0) is 23.8. The molecule has 1 aromatic heterocycles. The Labute approximate surface area is 208 Å². The molecule has 3 aliphatic rings. The van der Waals surface area contributed by atoms with Gasteiger partial charge in [-0.15, -0.1) is 0 Å². The van der Waals surface area contributed by atoms with Gasteiger partial charge >= 0.3 is 0 Å². The molecule has 1 saturated carbocycles. The van der Waals surface area contributed by atoms with Crippen molar-refractivity contribution in [2.75, 3.05) is 26.3 Å². The summed E-state index contributed by atoms with van der Waals surface area (Å²) in [5, 5.41) is 1.39. The van der Waals surface area contributed by atoms with Gasteiger partial charge in [-0.25, -0.2) is 0 Å². The number of aryl methyl sites for hydroxylation is 1. The van der Waals surface area contributed by atoms with Crippen LogP contribution in [-0.4, -0.2) is 41.7 Å². The van der Waals surface area contributed by atoms with Gasteiger partial charge < -0.3 is 18.9 Å². The Kier molecular flexibility index (Phi) is 6.17. The van der Waals surface area contributed by atoms with E-state index in [1.807, 2.05) is 17.0 Å². The smallest absolute Gasteiger partial charge is 0.260 e. The monoisotopic (exact) mass is 472 g/mol. The summed E-state index contributed by atoms with van der Waals surface area (Å²) in [6, 6.07) is 13.1. The van der Waals surface area contributed by atoms with Gasteiger partial charge in [-0.3, -0.25) is 4.79 Å². The third-order valence-corrected chi connectivity index (χ3v) is 8.13. The number of carbonyl (C=O) groups is 1. The van der Waals surface area contributed by atoms with Gasteiger partial charge in [0, 0.05) is 29.6 Å². The standard InChI is InChI=1S/C30H36N2O3/c1-21-13-14-23-25(19-21)32-17-18-34-30-24(29(32)28(23)22-9-4-2-5-10-22)11-8-12-26(30)35-20-27(33)31-15-6-3-7-16-31/h8,11-14,19,22H,2-7,9-10,15-18,20H2,1H3. The summed E-state index contributed by atoms with van der Waals surface area (Å²) in [6.07, 6.45) is 9.82. The van der Waals surface area contributed by atoms with Gasteiger partial charge in [-0.05, 0) is 74.3 Å². The SMILES string of the molecule is Cc1ccc2c(C3CCCCC3)c3n(c2c1)CCOc1c(OCC(=O)N2CCCCC2)cccc1-3. The van der Waals surface area contributed by atoms with Crippen LogP contribution >= 0.6 is 0 Å². The Morgan fingerprint density at radius 2 is 1.80 bits per heavy atom. The van der Waals surface area contributed by atoms with E-state index in [0.717, 1.165) is 43.8 Å². The lowest BCUT2D eigenvalue weighted by Gasteiger charge is -2.27. The van der Waals surface area contributed by atoms with Crippen LogP contribution in [0.25, 0.3) is 22.2 Å². The van der Waals surface area contributed by atoms with Crippen LogP contribution in [-0.2, 0) is 11.3 Å². The molecule has 3 aromatic rings. The number of fused-ring (bicyclic) bond motifs is 5. The molecule has 35 heavy (non-hydrogen) atoms. The van der Waals surface area contributed by atoms with Gasteiger partial charge in [-0.1, -0.05) is 37.5 Å². The van der Waals surface area contributed by atoms with Crippen LogP contribution in [0.4, 0.5) is 0 Å². The number of rotatable bonds is 4. The van der Waals surface area contributed by atoms with Gasteiger partial charge in [-0.2, -0.15) is 0 Å². The van der Waals surface area contributed by atoms with E-state index in [1.165, 1.54) is 66.2 Å². The Hall–Kier alpha value is -2.95. The Morgan fingerprint density at radius 1 is 1.00 bits per heavy atom. The number of ether oxygens (including phenoxy) is 2. The molecule has 6 rings (SSSR count). The lowest BCUT2D eigenvalue weighted by atomic mass is 9.81. The second-order valence-electron chi connectivity index (χ2n) is 10.5. The molecule has 5 nitrogen and oxygen atoms in total. The second-order valence-corrected chi connectivity index (χ2v) is 10.5. The fourth-order valence-corrected chi connectivity index (χ4v) is 6.39. The quantitative estimate of drug-likeness (QED) is 0.438. The average Bonchev–Trinajstić information content (AvgIpc) is 3.08. The van der Waals surface area contributed by atoms with Crippen molar-refractivity contribution in [1.82, 2.24) is 9.47 Å². The predicted octanol–water partition coefficient (Wildman–Crippen LogP) is 6.45. The molecule has 5 heteroatoms. The molecule has 0 unspecified atom stereocenters. The number of nitrogens with zero attached hydrogens (tertiary/aromatic N) is 2. The molecule has 1 saturated heterocycles. The van der Waals surface area contributed by atoms with E-state index >= 15 is 0 Å². The first-order valence-electron chi connectivity index (χ1n) is 13.5. The minimum atomic E-state index is 0.0669. The van der Waals surface area contributed by atoms with Gasteiger partial charge in [0.25, 0.3) is 5.91 Å². The molecule has 2 aliphatic heterocycles. The number of amides is 1. The van der Waals surface area contributed by atoms with E-state index in [0.29, 0.717) is 18.3 Å². The van der Waals surface area contributed by atoms with Crippen molar-refractivity contribution < 1.29 is 14.3 Å². The number of likely N-dealkylation sites (tertiary alicyclic amines) is 1. The normalized spacial score (nSPS) is 18.5. The molecule has 0 bridgehead atoms. The van der Waals surface area contributed by atoms with E-state index in [4.69, 9.17) is 9.47 Å². The van der Waals surface area contributed by atoms with Crippen LogP contribution in [0.15, 0.2) is 36.4 Å². The summed E-state index contributed by atoms with van der Waals surface area (Å²) in [7, 11) is 0. The highest BCUT2D eigenvalue weighted by atomic mass is 16.5. The topological polar surface area (TPSA) is 43.7 Å². The molecule has 2 fully saturated rings. The van der Waals surface area contributed by atoms with Crippen LogP contribution in [0.3, 0.4) is 0 Å². The Morgan fingerprint density at radius 3 is 2.63 bits per heavy atom. The number of piperidine rings is 1. The molecular weight excluding hydrogens is 436 g/mol. The summed E-state index contributed by atoms with van der Waals surface area (Å²) < 4.78 is 15.0. The first kappa shape index (κ1) is 22.5. The van der Waals surface area contributed by atoms with Crippen molar-refractivity contribution in [2.24, 2.45) is 0 Å². The van der Waals surface area contributed by atoms with Gasteiger partial charge in [0.2, 0.25) is 0 Å². The minimum Gasteiger partial charge on any atom is -0.487 e. The third kappa shape index (κ3) is 4.19. The maximum atomic E-state index is 12.8. The lowest BCUT2D eigenvalue weighted by Crippen LogP contribution is -2.38. The van der Waals surface area contributed by atoms with E-state index in [9.17, 15) is 4.79 Å². The Balaban J connectivity index is 1.41. The van der Waals surface area contributed by atoms with Crippen molar-refractivity contribution >= 4 is 16.8 Å². The number of para-hydroxylation sites is 1. The fourth-order valence-electron chi connectivity index (χ4n) is 6.39. The van der Waals surface area contributed by atoms with Crippen molar-refractivity contribution in [2.45, 2.75) is 70.8 Å². The minimum absolute atomic E-state index is 0.0669. The molecule has 2 aromatic carbocycles. The lowest BCUT2D eigenvalue weighted by molar-refractivity contribution is -0.134. The zero-order valence-corrected chi connectivity index (χ0v) is 20.9. The summed E-state index contributed by atoms with van der Waals surface area (Å²) in [4.78, 5) is 14.7. The van der Waals surface area contributed by atoms with Gasteiger partial charge in [0.15, 0.2) is 18.1 Å². The molecule has 0 spiro atoms. The van der Waals surface area contributed by atoms with Crippen LogP contribution < -0.4 is 9.47 Å². The molecule has 0 N–H and O–H groups in total. The zero-order valence-electron chi connectivity index (χ0n) is 20.9. The maximum Gasteiger partial charge on any atom is 0.260 e. The van der Waals surface area contributed by atoms with Crippen molar-refractivity contribution in [3.05, 3.63) is 47.5 Å². The summed E-state index contributed by atoms with van der Waals surface area (Å²) in [5.74, 6) is 2.11. The van der Waals surface area contributed by atoms with Crippen LogP contribution in [0, 0.1) is 6.92 Å². The summed E-state index contributed by atoms with van der Waals surface area (Å²) in [6.45, 7) is 5.32. The van der Waals surface area contributed by atoms with E-state index in [1.54, 1.807) is 0 Å². The third-order valence-electron chi connectivity index (χ3n) is 8.13. The van der Waals surface area contributed by atoms with Crippen molar-refractivity contribution in [1.29, 1.82) is 0 Å². The highest BCUT2D eigenvalue weighted by Gasteiger charge is 2.30. The number of benzene rings is 2. The summed E-state index contributed by atoms with van der Waals surface area (Å²) >= 11 is 0. The molecular formula is C30H36N2O3. The van der Waals surface area contributed by atoms with Crippen LogP contribution in [0.2, 0.25) is 0 Å². The maximum absolute atomic E-state index is 12.8. The van der Waals surface area contributed by atoms with Crippen molar-refractivity contribution in [3.63, 3.8) is 0 Å². The van der Waals surface area contributed by atoms with E-state index < -0.39 is 0 Å². The van der Waals surface area contributed by atoms with E-state index in [2.05, 4.69) is 35.8 Å². The second kappa shape index (κ2) is 9.60. The molecule has 0 radical (unpaired) electrons. The molecule has 184 valence electrons. The van der Waals surface area contributed by atoms with Crippen LogP contribution in [0.1, 0.15) is 68.4 Å². The summed E-state index contributed by atoms with van der Waals surface area (Å²) in [5.41, 5.74) is 6.46. The molecule has 3 heterocycles. The fraction of sp³-hybridized carbons (Fsp3) is 0.500. The van der Waals surface area contributed by atoms with E-state index in [-0.39, 0.29) is 12.5 Å². The highest BCUT2D eigenvalue weighted by molar-refractivity contribution is 5.94. The molecule has 1 aliphatic carbocycles.